The molecule has 0 spiro atoms. The number of carbonyl (C=O) groups is 1. The molecule has 2 aromatic heterocycles. The zero-order valence-corrected chi connectivity index (χ0v) is 11.6. The fourth-order valence-corrected chi connectivity index (χ4v) is 2.20. The van der Waals surface area contributed by atoms with E-state index in [0.717, 1.165) is 6.07 Å². The molecule has 0 aliphatic rings. The van der Waals surface area contributed by atoms with Crippen LogP contribution in [-0.4, -0.2) is 25.6 Å². The number of benzene rings is 1. The van der Waals surface area contributed by atoms with Crippen LogP contribution >= 0.6 is 0 Å². The third-order valence-electron chi connectivity index (χ3n) is 3.29. The van der Waals surface area contributed by atoms with Gasteiger partial charge in [0.25, 0.3) is 0 Å². The Labute approximate surface area is 130 Å². The van der Waals surface area contributed by atoms with E-state index in [1.807, 2.05) is 0 Å². The van der Waals surface area contributed by atoms with Gasteiger partial charge in [-0.1, -0.05) is 0 Å². The Morgan fingerprint density at radius 1 is 1.25 bits per heavy atom. The van der Waals surface area contributed by atoms with E-state index in [1.54, 1.807) is 0 Å². The summed E-state index contributed by atoms with van der Waals surface area (Å²) in [6.45, 7) is 0. The Balaban J connectivity index is 2.26. The van der Waals surface area contributed by atoms with Crippen molar-refractivity contribution in [3.8, 4) is 5.82 Å². The van der Waals surface area contributed by atoms with Gasteiger partial charge in [-0.05, 0) is 24.3 Å². The number of nitrogens with zero attached hydrogens (tertiary/aromatic N) is 2. The maximum atomic E-state index is 14.1. The number of nitrogens with one attached hydrogen (secondary N) is 1. The van der Waals surface area contributed by atoms with Gasteiger partial charge in [0.1, 0.15) is 0 Å². The van der Waals surface area contributed by atoms with Crippen LogP contribution in [0.15, 0.2) is 35.3 Å². The summed E-state index contributed by atoms with van der Waals surface area (Å²) in [6, 6.07) is 3.82. The highest BCUT2D eigenvalue weighted by molar-refractivity contribution is 5.92. The predicted octanol–water partition coefficient (Wildman–Crippen LogP) is 2.57. The SMILES string of the molecule is O=C(O)c1ccc2[nH]c(=O)n(-c3ncc(C(F)(F)F)cc3F)c2c1. The first kappa shape index (κ1) is 15.7. The topological polar surface area (TPSA) is 88.0 Å². The number of aromatic carboxylic acids is 1. The lowest BCUT2D eigenvalue weighted by molar-refractivity contribution is -0.138. The number of rotatable bonds is 2. The minimum absolute atomic E-state index is 0.0222. The number of aromatic amines is 1. The predicted molar refractivity (Wildman–Crippen MR) is 73.6 cm³/mol. The Bertz CT molecular complexity index is 1020. The van der Waals surface area contributed by atoms with Crippen LogP contribution in [0.3, 0.4) is 0 Å². The molecule has 0 radical (unpaired) electrons. The summed E-state index contributed by atoms with van der Waals surface area (Å²) >= 11 is 0. The first-order chi connectivity index (χ1) is 11.2. The number of fused-ring (bicyclic) bond motifs is 1. The molecule has 3 aromatic rings. The second-order valence-corrected chi connectivity index (χ2v) is 4.83. The fourth-order valence-electron chi connectivity index (χ4n) is 2.20. The van der Waals surface area contributed by atoms with E-state index in [-0.39, 0.29) is 22.7 Å². The Morgan fingerprint density at radius 2 is 1.96 bits per heavy atom. The van der Waals surface area contributed by atoms with Gasteiger partial charge in [0.15, 0.2) is 11.6 Å². The number of pyridine rings is 1. The van der Waals surface area contributed by atoms with Crippen LogP contribution in [0.5, 0.6) is 0 Å². The molecule has 3 rings (SSSR count). The molecular weight excluding hydrogens is 334 g/mol. The van der Waals surface area contributed by atoms with Gasteiger partial charge in [-0.15, -0.1) is 0 Å². The average Bonchev–Trinajstić information content (AvgIpc) is 2.81. The van der Waals surface area contributed by atoms with Crippen LogP contribution in [-0.2, 0) is 6.18 Å². The number of halogens is 4. The van der Waals surface area contributed by atoms with Crippen molar-refractivity contribution in [1.29, 1.82) is 0 Å². The molecule has 6 nitrogen and oxygen atoms in total. The number of imidazole rings is 1. The molecule has 0 aliphatic heterocycles. The fraction of sp³-hybridized carbons (Fsp3) is 0.0714. The minimum atomic E-state index is -4.78. The summed E-state index contributed by atoms with van der Waals surface area (Å²) in [4.78, 5) is 28.7. The van der Waals surface area contributed by atoms with Crippen molar-refractivity contribution in [2.24, 2.45) is 0 Å². The van der Waals surface area contributed by atoms with Gasteiger partial charge in [0.05, 0.1) is 22.2 Å². The number of aromatic nitrogens is 3. The lowest BCUT2D eigenvalue weighted by Gasteiger charge is -2.09. The summed E-state index contributed by atoms with van der Waals surface area (Å²) < 4.78 is 52.4. The molecule has 10 heteroatoms. The van der Waals surface area contributed by atoms with E-state index in [0.29, 0.717) is 10.8 Å². The van der Waals surface area contributed by atoms with Crippen molar-refractivity contribution in [1.82, 2.24) is 14.5 Å². The van der Waals surface area contributed by atoms with Gasteiger partial charge in [-0.2, -0.15) is 13.2 Å². The monoisotopic (exact) mass is 341 g/mol. The molecule has 0 aliphatic carbocycles. The summed E-state index contributed by atoms with van der Waals surface area (Å²) in [5.41, 5.74) is -2.18. The number of carboxylic acids is 1. The largest absolute Gasteiger partial charge is 0.478 e. The number of carboxylic acid groups (broad SMARTS) is 1. The van der Waals surface area contributed by atoms with E-state index in [2.05, 4.69) is 9.97 Å². The molecule has 0 unspecified atom stereocenters. The maximum Gasteiger partial charge on any atom is 0.417 e. The third-order valence-corrected chi connectivity index (χ3v) is 3.29. The molecule has 0 saturated heterocycles. The molecule has 2 heterocycles. The molecule has 0 amide bonds. The number of hydrogen-bond acceptors (Lipinski definition) is 3. The van der Waals surface area contributed by atoms with Gasteiger partial charge >= 0.3 is 17.8 Å². The van der Waals surface area contributed by atoms with Crippen LogP contribution < -0.4 is 5.69 Å². The van der Waals surface area contributed by atoms with Crippen molar-refractivity contribution in [2.45, 2.75) is 6.18 Å². The quantitative estimate of drug-likeness (QED) is 0.701. The lowest BCUT2D eigenvalue weighted by atomic mass is 10.2. The van der Waals surface area contributed by atoms with E-state index in [1.165, 1.54) is 12.1 Å². The Kier molecular flexibility index (Phi) is 3.39. The molecule has 24 heavy (non-hydrogen) atoms. The van der Waals surface area contributed by atoms with Crippen LogP contribution in [0, 0.1) is 5.82 Å². The standard InChI is InChI=1S/C14H7F4N3O3/c15-8-4-7(14(16,17)18)5-19-11(8)21-10-3-6(12(22)23)1-2-9(10)20-13(21)24/h1-5H,(H,20,24)(H,22,23). The molecule has 2 N–H and O–H groups in total. The van der Waals surface area contributed by atoms with Crippen molar-refractivity contribution < 1.29 is 27.5 Å². The average molecular weight is 341 g/mol. The maximum absolute atomic E-state index is 14.1. The summed E-state index contributed by atoms with van der Waals surface area (Å²) in [7, 11) is 0. The number of H-pyrrole nitrogens is 1. The second-order valence-electron chi connectivity index (χ2n) is 4.83. The molecule has 0 saturated carbocycles. The Morgan fingerprint density at radius 3 is 2.54 bits per heavy atom. The molecule has 0 bridgehead atoms. The zero-order valence-electron chi connectivity index (χ0n) is 11.6. The Hall–Kier alpha value is -3.17. The summed E-state index contributed by atoms with van der Waals surface area (Å²) in [6.07, 6.45) is -4.39. The summed E-state index contributed by atoms with van der Waals surface area (Å²) in [5, 5.41) is 8.98. The highest BCUT2D eigenvalue weighted by Gasteiger charge is 2.32. The number of alkyl halides is 3. The third kappa shape index (κ3) is 2.51. The van der Waals surface area contributed by atoms with E-state index >= 15 is 0 Å². The van der Waals surface area contributed by atoms with Crippen LogP contribution in [0.25, 0.3) is 16.9 Å². The smallest absolute Gasteiger partial charge is 0.417 e. The first-order valence-corrected chi connectivity index (χ1v) is 6.39. The molecule has 1 aromatic carbocycles. The molecule has 0 fully saturated rings. The lowest BCUT2D eigenvalue weighted by Crippen LogP contribution is -2.18. The van der Waals surface area contributed by atoms with Crippen molar-refractivity contribution in [2.75, 3.05) is 0 Å². The van der Waals surface area contributed by atoms with Gasteiger partial charge in [-0.25, -0.2) is 23.5 Å². The molecule has 0 atom stereocenters. The molecule has 124 valence electrons. The second kappa shape index (κ2) is 5.18. The number of hydrogen-bond donors (Lipinski definition) is 2. The molecular formula is C14H7F4N3O3. The van der Waals surface area contributed by atoms with Gasteiger partial charge in [0, 0.05) is 6.20 Å². The van der Waals surface area contributed by atoms with Crippen molar-refractivity contribution in [3.05, 3.63) is 57.9 Å². The highest BCUT2D eigenvalue weighted by atomic mass is 19.4. The summed E-state index contributed by atoms with van der Waals surface area (Å²) in [5.74, 6) is -3.31. The van der Waals surface area contributed by atoms with Gasteiger partial charge < -0.3 is 10.1 Å². The van der Waals surface area contributed by atoms with Crippen molar-refractivity contribution in [3.63, 3.8) is 0 Å². The first-order valence-electron chi connectivity index (χ1n) is 6.39. The van der Waals surface area contributed by atoms with Crippen LogP contribution in [0.2, 0.25) is 0 Å². The van der Waals surface area contributed by atoms with Crippen LogP contribution in [0.1, 0.15) is 15.9 Å². The normalized spacial score (nSPS) is 11.8. The van der Waals surface area contributed by atoms with Crippen LogP contribution in [0.4, 0.5) is 17.6 Å². The van der Waals surface area contributed by atoms with Crippen molar-refractivity contribution >= 4 is 17.0 Å². The van der Waals surface area contributed by atoms with E-state index in [4.69, 9.17) is 5.11 Å². The zero-order chi connectivity index (χ0) is 17.6. The van der Waals surface area contributed by atoms with Gasteiger partial charge in [0.2, 0.25) is 0 Å². The van der Waals surface area contributed by atoms with E-state index < -0.39 is 35.0 Å². The van der Waals surface area contributed by atoms with Gasteiger partial charge in [-0.3, -0.25) is 0 Å². The van der Waals surface area contributed by atoms with E-state index in [9.17, 15) is 27.2 Å². The highest BCUT2D eigenvalue weighted by Crippen LogP contribution is 2.30. The minimum Gasteiger partial charge on any atom is -0.478 e.